The minimum Gasteiger partial charge on any atom is -0.302 e. The molecule has 0 atom stereocenters. The molecule has 0 aliphatic carbocycles. The van der Waals surface area contributed by atoms with E-state index in [4.69, 9.17) is 0 Å². The summed E-state index contributed by atoms with van der Waals surface area (Å²) in [5, 5.41) is 7.57. The average Bonchev–Trinajstić information content (AvgIpc) is 2.85. The topological polar surface area (TPSA) is 79.5 Å². The lowest BCUT2D eigenvalue weighted by atomic mass is 10.2. The van der Waals surface area contributed by atoms with Crippen LogP contribution in [-0.4, -0.2) is 61.4 Å². The highest BCUT2D eigenvalue weighted by Gasteiger charge is 2.13. The van der Waals surface area contributed by atoms with Crippen LogP contribution in [0.25, 0.3) is 11.0 Å². The lowest BCUT2D eigenvalue weighted by Gasteiger charge is -2.17. The van der Waals surface area contributed by atoms with Crippen molar-refractivity contribution >= 4 is 21.1 Å². The summed E-state index contributed by atoms with van der Waals surface area (Å²) in [5.41, 5.74) is 2.56. The second-order valence-electron chi connectivity index (χ2n) is 5.28. The Kier molecular flexibility index (Phi) is 4.92. The minimum absolute atomic E-state index is 0.163. The zero-order chi connectivity index (χ0) is 15.5. The lowest BCUT2D eigenvalue weighted by molar-refractivity contribution is 0.315. The van der Waals surface area contributed by atoms with Crippen LogP contribution in [0.2, 0.25) is 0 Å². The maximum Gasteiger partial charge on any atom is 0.213 e. The number of hydrogen-bond donors (Lipinski definition) is 0. The van der Waals surface area contributed by atoms with Gasteiger partial charge in [0.05, 0.1) is 5.75 Å². The van der Waals surface area contributed by atoms with Gasteiger partial charge in [-0.1, -0.05) is 6.07 Å². The number of benzene rings is 1. The zero-order valence-corrected chi connectivity index (χ0v) is 13.3. The van der Waals surface area contributed by atoms with Gasteiger partial charge in [-0.05, 0) is 48.0 Å². The van der Waals surface area contributed by atoms with Crippen LogP contribution in [0.5, 0.6) is 0 Å². The molecule has 0 saturated carbocycles. The molecule has 1 aromatic heterocycles. The molecule has 0 spiro atoms. The molecule has 2 aromatic rings. The van der Waals surface area contributed by atoms with Gasteiger partial charge in [0, 0.05) is 20.6 Å². The van der Waals surface area contributed by atoms with Crippen molar-refractivity contribution in [3.05, 3.63) is 23.8 Å². The molecular formula is C13H20N4O3S. The van der Waals surface area contributed by atoms with Crippen molar-refractivity contribution < 1.29 is 13.0 Å². The summed E-state index contributed by atoms with van der Waals surface area (Å²) < 4.78 is 29.3. The van der Waals surface area contributed by atoms with E-state index in [0.717, 1.165) is 23.1 Å². The molecule has 0 aliphatic heterocycles. The van der Waals surface area contributed by atoms with Crippen LogP contribution >= 0.6 is 0 Å². The van der Waals surface area contributed by atoms with Gasteiger partial charge in [0.2, 0.25) is 10.0 Å². The third-order valence-electron chi connectivity index (χ3n) is 3.27. The summed E-state index contributed by atoms with van der Waals surface area (Å²) in [6.45, 7) is 1.44. The van der Waals surface area contributed by atoms with Crippen molar-refractivity contribution in [2.45, 2.75) is 13.0 Å². The molecule has 0 bridgehead atoms. The standard InChI is InChI=1S/C13H20N4O3S/c1-16(2)21(18,19)8-4-7-17(3)10-11-5-6-12-13(9-11)15-20-14-12/h5-6,9H,4,7-8,10H2,1-3H3. The Balaban J connectivity index is 1.85. The van der Waals surface area contributed by atoms with Crippen molar-refractivity contribution in [3.8, 4) is 0 Å². The molecule has 0 unspecified atom stereocenters. The highest BCUT2D eigenvalue weighted by Crippen LogP contribution is 2.13. The summed E-state index contributed by atoms with van der Waals surface area (Å²) in [5.74, 6) is 0.163. The number of sulfonamides is 1. The first-order valence-electron chi connectivity index (χ1n) is 6.68. The molecule has 1 heterocycles. The Hall–Kier alpha value is -1.51. The van der Waals surface area contributed by atoms with Crippen LogP contribution in [-0.2, 0) is 16.6 Å². The first-order valence-corrected chi connectivity index (χ1v) is 8.29. The quantitative estimate of drug-likeness (QED) is 0.757. The van der Waals surface area contributed by atoms with Gasteiger partial charge in [0.15, 0.2) is 0 Å². The van der Waals surface area contributed by atoms with Crippen LogP contribution in [0.1, 0.15) is 12.0 Å². The van der Waals surface area contributed by atoms with E-state index in [9.17, 15) is 8.42 Å². The van der Waals surface area contributed by atoms with E-state index in [-0.39, 0.29) is 5.75 Å². The monoisotopic (exact) mass is 312 g/mol. The third kappa shape index (κ3) is 4.23. The van der Waals surface area contributed by atoms with E-state index >= 15 is 0 Å². The molecule has 0 radical (unpaired) electrons. The van der Waals surface area contributed by atoms with Crippen molar-refractivity contribution in [2.24, 2.45) is 0 Å². The summed E-state index contributed by atoms with van der Waals surface area (Å²) in [6, 6.07) is 5.77. The maximum absolute atomic E-state index is 11.7. The molecule has 21 heavy (non-hydrogen) atoms. The number of hydrogen-bond acceptors (Lipinski definition) is 6. The second kappa shape index (κ2) is 6.50. The summed E-state index contributed by atoms with van der Waals surface area (Å²) in [6.07, 6.45) is 0.602. The Morgan fingerprint density at radius 3 is 2.57 bits per heavy atom. The second-order valence-corrected chi connectivity index (χ2v) is 7.58. The molecule has 0 fully saturated rings. The van der Waals surface area contributed by atoms with Gasteiger partial charge in [0.25, 0.3) is 0 Å². The van der Waals surface area contributed by atoms with Crippen LogP contribution in [0, 0.1) is 0 Å². The van der Waals surface area contributed by atoms with E-state index < -0.39 is 10.0 Å². The minimum atomic E-state index is -3.11. The van der Waals surface area contributed by atoms with E-state index in [2.05, 4.69) is 19.8 Å². The average molecular weight is 312 g/mol. The lowest BCUT2D eigenvalue weighted by Crippen LogP contribution is -2.28. The number of rotatable bonds is 7. The number of aromatic nitrogens is 2. The van der Waals surface area contributed by atoms with Gasteiger partial charge in [0.1, 0.15) is 11.0 Å². The van der Waals surface area contributed by atoms with Crippen molar-refractivity contribution in [3.63, 3.8) is 0 Å². The number of fused-ring (bicyclic) bond motifs is 1. The molecule has 1 aromatic carbocycles. The molecule has 0 N–H and O–H groups in total. The first-order chi connectivity index (χ1) is 9.88. The van der Waals surface area contributed by atoms with Gasteiger partial charge in [-0.25, -0.2) is 17.4 Å². The van der Waals surface area contributed by atoms with Crippen LogP contribution in [0.3, 0.4) is 0 Å². The maximum atomic E-state index is 11.7. The molecule has 0 aliphatic rings. The van der Waals surface area contributed by atoms with Crippen LogP contribution in [0.15, 0.2) is 22.8 Å². The van der Waals surface area contributed by atoms with Gasteiger partial charge < -0.3 is 4.90 Å². The van der Waals surface area contributed by atoms with E-state index in [1.165, 1.54) is 4.31 Å². The largest absolute Gasteiger partial charge is 0.302 e. The zero-order valence-electron chi connectivity index (χ0n) is 12.5. The van der Waals surface area contributed by atoms with E-state index in [1.807, 2.05) is 25.2 Å². The van der Waals surface area contributed by atoms with Gasteiger partial charge >= 0.3 is 0 Å². The van der Waals surface area contributed by atoms with Crippen LogP contribution < -0.4 is 0 Å². The molecule has 7 nitrogen and oxygen atoms in total. The van der Waals surface area contributed by atoms with Crippen molar-refractivity contribution in [2.75, 3.05) is 33.4 Å². The molecule has 2 rings (SSSR count). The Morgan fingerprint density at radius 2 is 1.86 bits per heavy atom. The van der Waals surface area contributed by atoms with Crippen LogP contribution in [0.4, 0.5) is 0 Å². The predicted octanol–water partition coefficient (Wildman–Crippen LogP) is 0.936. The van der Waals surface area contributed by atoms with E-state index in [1.54, 1.807) is 14.1 Å². The SMILES string of the molecule is CN(CCCS(=O)(=O)N(C)C)Cc1ccc2nonc2c1. The molecule has 0 amide bonds. The van der Waals surface area contributed by atoms with Crippen molar-refractivity contribution in [1.82, 2.24) is 19.5 Å². The number of nitrogens with zero attached hydrogens (tertiary/aromatic N) is 4. The normalized spacial score (nSPS) is 12.6. The fraction of sp³-hybridized carbons (Fsp3) is 0.538. The molecule has 0 saturated heterocycles. The summed E-state index contributed by atoms with van der Waals surface area (Å²) in [4.78, 5) is 2.08. The predicted molar refractivity (Wildman–Crippen MR) is 80.2 cm³/mol. The Morgan fingerprint density at radius 1 is 1.14 bits per heavy atom. The fourth-order valence-corrected chi connectivity index (χ4v) is 2.88. The fourth-order valence-electron chi connectivity index (χ4n) is 2.02. The third-order valence-corrected chi connectivity index (χ3v) is 5.19. The highest BCUT2D eigenvalue weighted by molar-refractivity contribution is 7.89. The molecule has 116 valence electrons. The summed E-state index contributed by atoms with van der Waals surface area (Å²) >= 11 is 0. The first kappa shape index (κ1) is 15.9. The smallest absolute Gasteiger partial charge is 0.213 e. The van der Waals surface area contributed by atoms with Gasteiger partial charge in [-0.2, -0.15) is 0 Å². The van der Waals surface area contributed by atoms with E-state index in [0.29, 0.717) is 13.0 Å². The van der Waals surface area contributed by atoms with Gasteiger partial charge in [-0.15, -0.1) is 0 Å². The Bertz CT molecular complexity index is 696. The Labute approximate surface area is 124 Å². The molecular weight excluding hydrogens is 292 g/mol. The summed E-state index contributed by atoms with van der Waals surface area (Å²) in [7, 11) is 1.97. The van der Waals surface area contributed by atoms with Crippen molar-refractivity contribution in [1.29, 1.82) is 0 Å². The highest BCUT2D eigenvalue weighted by atomic mass is 32.2. The molecule has 8 heteroatoms. The van der Waals surface area contributed by atoms with Gasteiger partial charge in [-0.3, -0.25) is 0 Å².